The summed E-state index contributed by atoms with van der Waals surface area (Å²) in [7, 11) is -5.29. The normalized spacial score (nSPS) is 9.14. The van der Waals surface area contributed by atoms with Crippen LogP contribution in [0.5, 0.6) is 0 Å². The van der Waals surface area contributed by atoms with Crippen LogP contribution in [0, 0.1) is 71.8 Å². The second-order valence-corrected chi connectivity index (χ2v) is 8.54. The monoisotopic (exact) mass is 310 g/mol. The third-order valence-electron chi connectivity index (χ3n) is 2.10. The molecule has 0 heterocycles. The van der Waals surface area contributed by atoms with Crippen molar-refractivity contribution in [3.63, 3.8) is 0 Å². The molecule has 21 heavy (non-hydrogen) atoms. The summed E-state index contributed by atoms with van der Waals surface area (Å²) >= 11 is 0. The van der Waals surface area contributed by atoms with Crippen molar-refractivity contribution in [2.45, 2.75) is 20.3 Å². The average Bonchev–Trinajstić information content (AvgIpc) is 2.55. The second kappa shape index (κ2) is 11.5. The Balaban J connectivity index is 0. The summed E-state index contributed by atoms with van der Waals surface area (Å²) in [6.45, 7) is 4.81. The van der Waals surface area contributed by atoms with Gasteiger partial charge in [0.05, 0.1) is 0 Å². The molecule has 0 saturated heterocycles. The summed E-state index contributed by atoms with van der Waals surface area (Å²) in [5.41, 5.74) is 14.3. The second-order valence-electron chi connectivity index (χ2n) is 3.51. The van der Waals surface area contributed by atoms with Crippen molar-refractivity contribution in [3.8, 4) is 71.8 Å². The Hall–Kier alpha value is -2.29. The summed E-state index contributed by atoms with van der Waals surface area (Å²) in [6, 6.07) is 0. The lowest BCUT2D eigenvalue weighted by atomic mass is 10.5. The fourth-order valence-corrected chi connectivity index (χ4v) is 2.91. The molecule has 0 fully saturated rings. The Morgan fingerprint density at radius 1 is 0.667 bits per heavy atom. The van der Waals surface area contributed by atoms with E-state index in [1.54, 1.807) is 0 Å². The first kappa shape index (κ1) is 21.0. The van der Waals surface area contributed by atoms with Gasteiger partial charge in [0.2, 0.25) is 0 Å². The molecule has 0 saturated carbocycles. The number of hydrogen-bond donors (Lipinski definition) is 0. The van der Waals surface area contributed by atoms with E-state index < -0.39 is 16.6 Å². The number of hydrogen-bond acceptors (Lipinski definition) is 2. The Morgan fingerprint density at radius 3 is 1.19 bits per heavy atom. The molecule has 2 nitrogen and oxygen atoms in total. The van der Waals surface area contributed by atoms with Crippen molar-refractivity contribution in [3.05, 3.63) is 0 Å². The molecule has 0 atom stereocenters. The SMILES string of the molecule is C#C[Si](C#C)(C#C)OCC.C#C[Si](C#C)(C#C)OCCC. The van der Waals surface area contributed by atoms with Crippen LogP contribution < -0.4 is 0 Å². The van der Waals surface area contributed by atoms with Gasteiger partial charge in [-0.05, 0) is 13.3 Å². The van der Waals surface area contributed by atoms with Crippen molar-refractivity contribution in [2.24, 2.45) is 0 Å². The first-order valence-corrected chi connectivity index (χ1v) is 9.95. The molecule has 4 heteroatoms. The highest BCUT2D eigenvalue weighted by Crippen LogP contribution is 2.00. The van der Waals surface area contributed by atoms with Gasteiger partial charge >= 0.3 is 16.6 Å². The van der Waals surface area contributed by atoms with Crippen molar-refractivity contribution < 1.29 is 8.85 Å². The average molecular weight is 311 g/mol. The van der Waals surface area contributed by atoms with Crippen LogP contribution in [0.25, 0.3) is 0 Å². The maximum Gasteiger partial charge on any atom is 0.436 e. The van der Waals surface area contributed by atoms with E-state index in [0.29, 0.717) is 13.2 Å². The fourth-order valence-electron chi connectivity index (χ4n) is 0.972. The van der Waals surface area contributed by atoms with Gasteiger partial charge in [-0.3, -0.25) is 0 Å². The van der Waals surface area contributed by atoms with Gasteiger partial charge in [0, 0.05) is 13.2 Å². The molecule has 0 amide bonds. The van der Waals surface area contributed by atoms with Gasteiger partial charge in [-0.15, -0.1) is 38.5 Å². The molecule has 0 N–H and O–H groups in total. The van der Waals surface area contributed by atoms with Crippen molar-refractivity contribution in [1.82, 2.24) is 0 Å². The fraction of sp³-hybridized carbons (Fsp3) is 0.294. The predicted octanol–water partition coefficient (Wildman–Crippen LogP) is 1.36. The molecule has 106 valence electrons. The van der Waals surface area contributed by atoms with E-state index in [0.717, 1.165) is 6.42 Å². The zero-order valence-corrected chi connectivity index (χ0v) is 14.4. The molecule has 0 rings (SSSR count). The minimum atomic E-state index is -2.66. The van der Waals surface area contributed by atoms with Gasteiger partial charge in [-0.2, -0.15) is 0 Å². The summed E-state index contributed by atoms with van der Waals surface area (Å²) in [6.07, 6.45) is 31.7. The van der Waals surface area contributed by atoms with Gasteiger partial charge in [0.15, 0.2) is 0 Å². The largest absolute Gasteiger partial charge is 0.436 e. The lowest BCUT2D eigenvalue weighted by Crippen LogP contribution is -2.34. The molecule has 0 aromatic carbocycles. The topological polar surface area (TPSA) is 18.5 Å². The first-order valence-electron chi connectivity index (χ1n) is 6.13. The molecular weight excluding hydrogens is 292 g/mol. The van der Waals surface area contributed by atoms with Crippen LogP contribution in [0.2, 0.25) is 0 Å². The molecule has 0 aliphatic rings. The molecule has 0 bridgehead atoms. The van der Waals surface area contributed by atoms with Crippen LogP contribution in [0.15, 0.2) is 0 Å². The van der Waals surface area contributed by atoms with E-state index >= 15 is 0 Å². The molecule has 0 aliphatic heterocycles. The zero-order valence-electron chi connectivity index (χ0n) is 12.4. The van der Waals surface area contributed by atoms with Crippen LogP contribution in [0.4, 0.5) is 0 Å². The lowest BCUT2D eigenvalue weighted by Gasteiger charge is -2.11. The van der Waals surface area contributed by atoms with E-state index in [9.17, 15) is 0 Å². The number of rotatable bonds is 5. The molecule has 0 radical (unpaired) electrons. The van der Waals surface area contributed by atoms with E-state index in [4.69, 9.17) is 47.4 Å². The molecule has 0 spiro atoms. The zero-order chi connectivity index (χ0) is 16.8. The highest BCUT2D eigenvalue weighted by atomic mass is 28.4. The number of terminal acetylenes is 6. The van der Waals surface area contributed by atoms with Gasteiger partial charge in [0.25, 0.3) is 0 Å². The van der Waals surface area contributed by atoms with E-state index in [1.807, 2.05) is 13.8 Å². The predicted molar refractivity (Wildman–Crippen MR) is 92.4 cm³/mol. The maximum atomic E-state index is 5.26. The van der Waals surface area contributed by atoms with Crippen molar-refractivity contribution in [2.75, 3.05) is 13.2 Å². The van der Waals surface area contributed by atoms with Gasteiger partial charge in [-0.25, -0.2) is 0 Å². The summed E-state index contributed by atoms with van der Waals surface area (Å²) < 4.78 is 10.4. The van der Waals surface area contributed by atoms with Crippen LogP contribution in [0.1, 0.15) is 20.3 Å². The minimum Gasteiger partial charge on any atom is -0.388 e. The van der Waals surface area contributed by atoms with Gasteiger partial charge in [0.1, 0.15) is 0 Å². The minimum absolute atomic E-state index is 0.477. The standard InChI is InChI=1S/C9H10OSi.C8H8OSi/c1-5-9-10-11(6-2,7-3)8-4;1-5-9-10(6-2,7-3)8-4/h2-4H,5,9H2,1H3;2-4H,5H2,1H3. The van der Waals surface area contributed by atoms with Crippen molar-refractivity contribution >= 4 is 16.6 Å². The first-order chi connectivity index (χ1) is 9.99. The quantitative estimate of drug-likeness (QED) is 0.564. The molecule has 0 aromatic rings. The van der Waals surface area contributed by atoms with Gasteiger partial charge < -0.3 is 8.85 Å². The smallest absolute Gasteiger partial charge is 0.388 e. The van der Waals surface area contributed by atoms with Gasteiger partial charge in [-0.1, -0.05) is 40.2 Å². The maximum absolute atomic E-state index is 5.26. The van der Waals surface area contributed by atoms with Crippen LogP contribution in [-0.4, -0.2) is 29.8 Å². The third kappa shape index (κ3) is 7.16. The highest BCUT2D eigenvalue weighted by Gasteiger charge is 2.28. The van der Waals surface area contributed by atoms with Crippen molar-refractivity contribution in [1.29, 1.82) is 0 Å². The summed E-state index contributed by atoms with van der Waals surface area (Å²) in [5, 5.41) is 0. The van der Waals surface area contributed by atoms with Crippen LogP contribution in [0.3, 0.4) is 0 Å². The Labute approximate surface area is 131 Å². The lowest BCUT2D eigenvalue weighted by molar-refractivity contribution is 0.325. The molecular formula is C17H18O2Si2. The Kier molecular flexibility index (Phi) is 11.5. The van der Waals surface area contributed by atoms with E-state index in [2.05, 4.69) is 33.3 Å². The molecule has 0 aromatic heterocycles. The Bertz CT molecular complexity index is 493. The van der Waals surface area contributed by atoms with E-state index in [1.165, 1.54) is 0 Å². The third-order valence-corrected chi connectivity index (χ3v) is 5.90. The van der Waals surface area contributed by atoms with Crippen LogP contribution in [-0.2, 0) is 8.85 Å². The summed E-state index contributed by atoms with van der Waals surface area (Å²) in [4.78, 5) is 0. The summed E-state index contributed by atoms with van der Waals surface area (Å²) in [5.74, 6) is 0. The Morgan fingerprint density at radius 2 is 1.00 bits per heavy atom. The van der Waals surface area contributed by atoms with E-state index in [-0.39, 0.29) is 0 Å². The highest BCUT2D eigenvalue weighted by molar-refractivity contribution is 6.95. The molecule has 0 unspecified atom stereocenters. The molecule has 0 aliphatic carbocycles. The van der Waals surface area contributed by atoms with Crippen LogP contribution >= 0.6 is 0 Å².